The van der Waals surface area contributed by atoms with E-state index >= 15 is 0 Å². The van der Waals surface area contributed by atoms with Crippen LogP contribution in [0.25, 0.3) is 0 Å². The van der Waals surface area contributed by atoms with Crippen molar-refractivity contribution in [1.29, 1.82) is 0 Å². The third-order valence-electron chi connectivity index (χ3n) is 0.940. The van der Waals surface area contributed by atoms with Crippen molar-refractivity contribution in [1.82, 2.24) is 0 Å². The summed E-state index contributed by atoms with van der Waals surface area (Å²) < 4.78 is 0. The maximum absolute atomic E-state index is 2.08. The average Bonchev–Trinajstić information content (AvgIpc) is 1.69. The molecule has 0 bridgehead atoms. The molecule has 0 amide bonds. The SMILES string of the molecule is Cc1ccccc1.[I-]. The van der Waals surface area contributed by atoms with Gasteiger partial charge in [0.15, 0.2) is 0 Å². The van der Waals surface area contributed by atoms with Gasteiger partial charge >= 0.3 is 0 Å². The van der Waals surface area contributed by atoms with Gasteiger partial charge in [0.05, 0.1) is 0 Å². The lowest BCUT2D eigenvalue weighted by atomic mass is 10.2. The summed E-state index contributed by atoms with van der Waals surface area (Å²) in [6.07, 6.45) is 0. The monoisotopic (exact) mass is 219 g/mol. The Labute approximate surface area is 66.9 Å². The predicted molar refractivity (Wildman–Crippen MR) is 31.2 cm³/mol. The van der Waals surface area contributed by atoms with Crippen LogP contribution in [0.2, 0.25) is 0 Å². The quantitative estimate of drug-likeness (QED) is 0.491. The van der Waals surface area contributed by atoms with E-state index in [0.717, 1.165) is 0 Å². The predicted octanol–water partition coefficient (Wildman–Crippen LogP) is -1.00. The van der Waals surface area contributed by atoms with E-state index in [-0.39, 0.29) is 24.0 Å². The lowest BCUT2D eigenvalue weighted by molar-refractivity contribution is -0.00000150. The van der Waals surface area contributed by atoms with Gasteiger partial charge in [-0.05, 0) is 6.92 Å². The van der Waals surface area contributed by atoms with Crippen molar-refractivity contribution in [3.05, 3.63) is 35.9 Å². The summed E-state index contributed by atoms with van der Waals surface area (Å²) in [4.78, 5) is 0. The first-order valence-corrected chi connectivity index (χ1v) is 2.41. The second-order valence-electron chi connectivity index (χ2n) is 1.65. The molecule has 0 atom stereocenters. The van der Waals surface area contributed by atoms with Crippen LogP contribution in [0, 0.1) is 6.92 Å². The number of aryl methyl sites for hydroxylation is 1. The van der Waals surface area contributed by atoms with E-state index in [9.17, 15) is 0 Å². The van der Waals surface area contributed by atoms with Crippen molar-refractivity contribution in [2.24, 2.45) is 0 Å². The summed E-state index contributed by atoms with van der Waals surface area (Å²) >= 11 is 0. The van der Waals surface area contributed by atoms with Crippen molar-refractivity contribution in [3.8, 4) is 0 Å². The minimum absolute atomic E-state index is 0. The Kier molecular flexibility index (Phi) is 3.87. The van der Waals surface area contributed by atoms with Crippen LogP contribution in [0.1, 0.15) is 5.56 Å². The summed E-state index contributed by atoms with van der Waals surface area (Å²) in [5.41, 5.74) is 1.32. The molecule has 0 aromatic heterocycles. The molecule has 0 N–H and O–H groups in total. The first kappa shape index (κ1) is 7.95. The summed E-state index contributed by atoms with van der Waals surface area (Å²) in [6.45, 7) is 2.08. The van der Waals surface area contributed by atoms with Gasteiger partial charge in [-0.2, -0.15) is 0 Å². The van der Waals surface area contributed by atoms with Crippen LogP contribution in [0.3, 0.4) is 0 Å². The Bertz CT molecular complexity index is 134. The van der Waals surface area contributed by atoms with Crippen molar-refractivity contribution in [2.45, 2.75) is 6.92 Å². The Morgan fingerprint density at radius 3 is 1.75 bits per heavy atom. The Morgan fingerprint density at radius 2 is 1.50 bits per heavy atom. The fraction of sp³-hybridized carbons (Fsp3) is 0.143. The third kappa shape index (κ3) is 2.31. The lowest BCUT2D eigenvalue weighted by Crippen LogP contribution is -3.00. The molecule has 0 aliphatic carbocycles. The molecule has 0 unspecified atom stereocenters. The van der Waals surface area contributed by atoms with Crippen molar-refractivity contribution < 1.29 is 24.0 Å². The summed E-state index contributed by atoms with van der Waals surface area (Å²) in [5.74, 6) is 0. The molecule has 0 aliphatic heterocycles. The van der Waals surface area contributed by atoms with Gasteiger partial charge < -0.3 is 24.0 Å². The highest BCUT2D eigenvalue weighted by atomic mass is 127. The molecule has 0 heterocycles. The van der Waals surface area contributed by atoms with E-state index in [1.165, 1.54) is 5.56 Å². The maximum atomic E-state index is 2.08. The van der Waals surface area contributed by atoms with E-state index in [4.69, 9.17) is 0 Å². The van der Waals surface area contributed by atoms with Crippen LogP contribution < -0.4 is 24.0 Å². The Morgan fingerprint density at radius 1 is 1.00 bits per heavy atom. The fourth-order valence-corrected chi connectivity index (χ4v) is 0.534. The first-order chi connectivity index (χ1) is 3.39. The lowest BCUT2D eigenvalue weighted by Gasteiger charge is -1.82. The molecule has 0 saturated carbocycles. The molecular formula is C7H8I-. The van der Waals surface area contributed by atoms with Gasteiger partial charge in [-0.25, -0.2) is 0 Å². The minimum Gasteiger partial charge on any atom is -1.00 e. The number of rotatable bonds is 0. The number of hydrogen-bond donors (Lipinski definition) is 0. The molecule has 1 aromatic carbocycles. The van der Waals surface area contributed by atoms with Crippen LogP contribution in [0.4, 0.5) is 0 Å². The molecule has 0 saturated heterocycles. The molecule has 1 aromatic rings. The zero-order chi connectivity index (χ0) is 5.11. The third-order valence-corrected chi connectivity index (χ3v) is 0.940. The van der Waals surface area contributed by atoms with Crippen LogP contribution in [0.5, 0.6) is 0 Å². The van der Waals surface area contributed by atoms with E-state index in [2.05, 4.69) is 19.1 Å². The molecule has 0 nitrogen and oxygen atoms in total. The largest absolute Gasteiger partial charge is 1.00 e. The van der Waals surface area contributed by atoms with Crippen LogP contribution in [0.15, 0.2) is 30.3 Å². The van der Waals surface area contributed by atoms with Gasteiger partial charge in [0.25, 0.3) is 0 Å². The summed E-state index contributed by atoms with van der Waals surface area (Å²) in [6, 6.07) is 10.3. The van der Waals surface area contributed by atoms with Crippen LogP contribution in [-0.2, 0) is 0 Å². The molecular weight excluding hydrogens is 211 g/mol. The van der Waals surface area contributed by atoms with Gasteiger partial charge in [-0.3, -0.25) is 0 Å². The number of halogens is 1. The minimum atomic E-state index is 0. The molecule has 44 valence electrons. The number of benzene rings is 1. The van der Waals surface area contributed by atoms with Gasteiger partial charge in [0.1, 0.15) is 0 Å². The Balaban J connectivity index is 0.000000490. The molecule has 0 radical (unpaired) electrons. The maximum Gasteiger partial charge on any atom is -0.0398 e. The highest BCUT2D eigenvalue weighted by Crippen LogP contribution is 1.92. The topological polar surface area (TPSA) is 0 Å². The zero-order valence-corrected chi connectivity index (χ0v) is 6.92. The smallest absolute Gasteiger partial charge is 0.0398 e. The average molecular weight is 219 g/mol. The first-order valence-electron chi connectivity index (χ1n) is 2.41. The highest BCUT2D eigenvalue weighted by Gasteiger charge is 1.72. The van der Waals surface area contributed by atoms with Gasteiger partial charge in [0.2, 0.25) is 0 Å². The summed E-state index contributed by atoms with van der Waals surface area (Å²) in [5, 5.41) is 0. The van der Waals surface area contributed by atoms with Gasteiger partial charge in [0, 0.05) is 0 Å². The van der Waals surface area contributed by atoms with Crippen LogP contribution in [-0.4, -0.2) is 0 Å². The number of hydrogen-bond acceptors (Lipinski definition) is 0. The van der Waals surface area contributed by atoms with E-state index in [0.29, 0.717) is 0 Å². The van der Waals surface area contributed by atoms with Crippen LogP contribution >= 0.6 is 0 Å². The second-order valence-corrected chi connectivity index (χ2v) is 1.65. The standard InChI is InChI=1S/C7H8.HI/c1-7-5-3-2-4-6-7;/h2-6H,1H3;1H/p-1. The molecule has 1 rings (SSSR count). The van der Waals surface area contributed by atoms with Gasteiger partial charge in [-0.15, -0.1) is 0 Å². The molecule has 1 heteroatoms. The summed E-state index contributed by atoms with van der Waals surface area (Å²) in [7, 11) is 0. The van der Waals surface area contributed by atoms with Crippen molar-refractivity contribution in [3.63, 3.8) is 0 Å². The van der Waals surface area contributed by atoms with E-state index in [1.807, 2.05) is 18.2 Å². The molecule has 0 aliphatic rings. The zero-order valence-electron chi connectivity index (χ0n) is 4.76. The van der Waals surface area contributed by atoms with Crippen molar-refractivity contribution >= 4 is 0 Å². The van der Waals surface area contributed by atoms with Crippen molar-refractivity contribution in [2.75, 3.05) is 0 Å². The normalized spacial score (nSPS) is 7.62. The fourth-order valence-electron chi connectivity index (χ4n) is 0.534. The molecule has 0 spiro atoms. The molecule has 8 heavy (non-hydrogen) atoms. The second kappa shape index (κ2) is 3.89. The Hall–Kier alpha value is -0.0500. The molecule has 0 fully saturated rings. The van der Waals surface area contributed by atoms with Gasteiger partial charge in [-0.1, -0.05) is 35.9 Å². The highest BCUT2D eigenvalue weighted by molar-refractivity contribution is 5.11. The van der Waals surface area contributed by atoms with E-state index < -0.39 is 0 Å². The van der Waals surface area contributed by atoms with E-state index in [1.54, 1.807) is 0 Å².